The summed E-state index contributed by atoms with van der Waals surface area (Å²) in [4.78, 5) is 0. The second-order valence-corrected chi connectivity index (χ2v) is 5.19. The maximum Gasteiger partial charge on any atom is 0.132 e. The minimum atomic E-state index is -0.327. The van der Waals surface area contributed by atoms with E-state index in [1.807, 2.05) is 38.1 Å². The molecule has 1 aliphatic heterocycles. The Balaban J connectivity index is 2.01. The zero-order valence-corrected chi connectivity index (χ0v) is 10.5. The molecule has 0 aromatic heterocycles. The summed E-state index contributed by atoms with van der Waals surface area (Å²) in [7, 11) is 0. The minimum Gasteiger partial charge on any atom is -0.508 e. The highest BCUT2D eigenvalue weighted by Crippen LogP contribution is 2.34. The highest BCUT2D eigenvalue weighted by atomic mass is 16.6. The van der Waals surface area contributed by atoms with E-state index in [4.69, 9.17) is 9.47 Å². The van der Waals surface area contributed by atoms with Crippen LogP contribution in [0.2, 0.25) is 0 Å². The van der Waals surface area contributed by atoms with Gasteiger partial charge in [0.1, 0.15) is 23.2 Å². The van der Waals surface area contributed by atoms with Gasteiger partial charge in [-0.3, -0.25) is 0 Å². The number of ether oxygens (including phenoxy) is 2. The van der Waals surface area contributed by atoms with Crippen LogP contribution in [0.1, 0.15) is 13.8 Å². The fourth-order valence-corrected chi connectivity index (χ4v) is 2.13. The molecule has 1 atom stereocenters. The average Bonchev–Trinajstić information content (AvgIpc) is 3.12. The van der Waals surface area contributed by atoms with Crippen molar-refractivity contribution in [1.82, 2.24) is 0 Å². The Morgan fingerprint density at radius 2 is 2.06 bits per heavy atom. The van der Waals surface area contributed by atoms with Crippen molar-refractivity contribution in [2.75, 3.05) is 6.61 Å². The molecule has 3 heteroatoms. The zero-order chi connectivity index (χ0) is 12.8. The number of hydrogen-bond donors (Lipinski definition) is 1. The van der Waals surface area contributed by atoms with E-state index in [-0.39, 0.29) is 17.5 Å². The lowest BCUT2D eigenvalue weighted by atomic mass is 10.0. The van der Waals surface area contributed by atoms with Crippen molar-refractivity contribution in [3.8, 4) is 11.5 Å². The first kappa shape index (κ1) is 11.4. The lowest BCUT2D eigenvalue weighted by Crippen LogP contribution is -2.34. The Kier molecular flexibility index (Phi) is 2.45. The van der Waals surface area contributed by atoms with E-state index >= 15 is 0 Å². The van der Waals surface area contributed by atoms with Gasteiger partial charge in [-0.25, -0.2) is 0 Å². The molecule has 0 saturated carbocycles. The van der Waals surface area contributed by atoms with Gasteiger partial charge in [-0.2, -0.15) is 0 Å². The van der Waals surface area contributed by atoms with Gasteiger partial charge in [-0.15, -0.1) is 0 Å². The molecule has 94 valence electrons. The molecule has 2 aromatic carbocycles. The van der Waals surface area contributed by atoms with Crippen LogP contribution < -0.4 is 4.74 Å². The zero-order valence-electron chi connectivity index (χ0n) is 10.5. The van der Waals surface area contributed by atoms with Crippen molar-refractivity contribution in [2.24, 2.45) is 0 Å². The standard InChI is InChI=1S/C15H16O3/c1-15(2,14-9-17-14)18-13-5-3-4-10-8-11(16)6-7-12(10)13/h3-8,14,16H,9H2,1-2H3. The van der Waals surface area contributed by atoms with Crippen molar-refractivity contribution in [2.45, 2.75) is 25.6 Å². The quantitative estimate of drug-likeness (QED) is 0.843. The predicted octanol–water partition coefficient (Wildman–Crippen LogP) is 3.10. The van der Waals surface area contributed by atoms with E-state index in [9.17, 15) is 5.11 Å². The Morgan fingerprint density at radius 1 is 1.28 bits per heavy atom. The number of aromatic hydroxyl groups is 1. The Hall–Kier alpha value is -1.74. The molecule has 0 spiro atoms. The van der Waals surface area contributed by atoms with Crippen LogP contribution in [-0.2, 0) is 4.74 Å². The highest BCUT2D eigenvalue weighted by molar-refractivity contribution is 5.89. The van der Waals surface area contributed by atoms with Crippen LogP contribution in [0.25, 0.3) is 10.8 Å². The summed E-state index contributed by atoms with van der Waals surface area (Å²) in [6, 6.07) is 11.1. The number of benzene rings is 2. The van der Waals surface area contributed by atoms with E-state index in [0.29, 0.717) is 0 Å². The molecular weight excluding hydrogens is 228 g/mol. The molecule has 1 fully saturated rings. The molecular formula is C15H16O3. The molecule has 0 bridgehead atoms. The Bertz CT molecular complexity index is 585. The first-order valence-corrected chi connectivity index (χ1v) is 6.09. The predicted molar refractivity (Wildman–Crippen MR) is 70.1 cm³/mol. The molecule has 1 unspecified atom stereocenters. The van der Waals surface area contributed by atoms with E-state index in [1.54, 1.807) is 12.1 Å². The summed E-state index contributed by atoms with van der Waals surface area (Å²) in [5.74, 6) is 1.09. The van der Waals surface area contributed by atoms with Gasteiger partial charge in [0, 0.05) is 5.39 Å². The van der Waals surface area contributed by atoms with Crippen LogP contribution in [0.3, 0.4) is 0 Å². The van der Waals surface area contributed by atoms with E-state index in [1.165, 1.54) is 0 Å². The summed E-state index contributed by atoms with van der Waals surface area (Å²) in [6.07, 6.45) is 0.171. The van der Waals surface area contributed by atoms with Gasteiger partial charge >= 0.3 is 0 Å². The first-order valence-electron chi connectivity index (χ1n) is 6.09. The monoisotopic (exact) mass is 244 g/mol. The van der Waals surface area contributed by atoms with Crippen molar-refractivity contribution in [1.29, 1.82) is 0 Å². The number of phenols is 1. The normalized spacial score (nSPS) is 18.9. The Labute approximate surface area is 106 Å². The molecule has 0 amide bonds. The van der Waals surface area contributed by atoms with Crippen molar-refractivity contribution in [3.05, 3.63) is 36.4 Å². The van der Waals surface area contributed by atoms with E-state index < -0.39 is 0 Å². The summed E-state index contributed by atoms with van der Waals surface area (Å²) < 4.78 is 11.4. The van der Waals surface area contributed by atoms with Crippen molar-refractivity contribution < 1.29 is 14.6 Å². The smallest absolute Gasteiger partial charge is 0.132 e. The van der Waals surface area contributed by atoms with Crippen molar-refractivity contribution >= 4 is 10.8 Å². The molecule has 1 N–H and O–H groups in total. The van der Waals surface area contributed by atoms with Crippen LogP contribution in [0.15, 0.2) is 36.4 Å². The summed E-state index contributed by atoms with van der Waals surface area (Å²) in [5, 5.41) is 11.5. The molecule has 0 radical (unpaired) electrons. The fraction of sp³-hybridized carbons (Fsp3) is 0.333. The number of phenolic OH excluding ortho intramolecular Hbond substituents is 1. The Morgan fingerprint density at radius 3 is 2.78 bits per heavy atom. The van der Waals surface area contributed by atoms with Gasteiger partial charge in [0.05, 0.1) is 6.61 Å². The third-order valence-electron chi connectivity index (χ3n) is 3.31. The first-order chi connectivity index (χ1) is 8.56. The van der Waals surface area contributed by atoms with Crippen LogP contribution in [-0.4, -0.2) is 23.4 Å². The molecule has 3 rings (SSSR count). The SMILES string of the molecule is CC(C)(Oc1cccc2cc(O)ccc12)C1CO1. The third-order valence-corrected chi connectivity index (χ3v) is 3.31. The largest absolute Gasteiger partial charge is 0.508 e. The molecule has 1 saturated heterocycles. The highest BCUT2D eigenvalue weighted by Gasteiger charge is 2.41. The molecule has 1 heterocycles. The van der Waals surface area contributed by atoms with Crippen LogP contribution in [0, 0.1) is 0 Å². The van der Waals surface area contributed by atoms with E-state index in [0.717, 1.165) is 23.1 Å². The second-order valence-electron chi connectivity index (χ2n) is 5.19. The minimum absolute atomic E-state index is 0.171. The van der Waals surface area contributed by atoms with E-state index in [2.05, 4.69) is 0 Å². The average molecular weight is 244 g/mol. The van der Waals surface area contributed by atoms with Crippen molar-refractivity contribution in [3.63, 3.8) is 0 Å². The van der Waals surface area contributed by atoms with Crippen LogP contribution >= 0.6 is 0 Å². The maximum atomic E-state index is 9.49. The number of hydrogen-bond acceptors (Lipinski definition) is 3. The van der Waals surface area contributed by atoms with Gasteiger partial charge in [0.15, 0.2) is 0 Å². The molecule has 2 aromatic rings. The number of fused-ring (bicyclic) bond motifs is 1. The van der Waals surface area contributed by atoms with Crippen LogP contribution in [0.5, 0.6) is 11.5 Å². The van der Waals surface area contributed by atoms with Crippen LogP contribution in [0.4, 0.5) is 0 Å². The fourth-order valence-electron chi connectivity index (χ4n) is 2.13. The number of epoxide rings is 1. The molecule has 18 heavy (non-hydrogen) atoms. The third kappa shape index (κ3) is 2.02. The number of rotatable bonds is 3. The summed E-state index contributed by atoms with van der Waals surface area (Å²) in [5.41, 5.74) is -0.327. The summed E-state index contributed by atoms with van der Waals surface area (Å²) in [6.45, 7) is 4.83. The van der Waals surface area contributed by atoms with Gasteiger partial charge < -0.3 is 14.6 Å². The van der Waals surface area contributed by atoms with Gasteiger partial charge in [0.2, 0.25) is 0 Å². The maximum absolute atomic E-state index is 9.49. The second kappa shape index (κ2) is 3.89. The lowest BCUT2D eigenvalue weighted by molar-refractivity contribution is 0.0761. The molecule has 1 aliphatic rings. The van der Waals surface area contributed by atoms with Gasteiger partial charge in [-0.05, 0) is 43.5 Å². The lowest BCUT2D eigenvalue weighted by Gasteiger charge is -2.25. The topological polar surface area (TPSA) is 42.0 Å². The van der Waals surface area contributed by atoms with Gasteiger partial charge in [0.25, 0.3) is 0 Å². The molecule has 3 nitrogen and oxygen atoms in total. The molecule has 0 aliphatic carbocycles. The van der Waals surface area contributed by atoms with Gasteiger partial charge in [-0.1, -0.05) is 12.1 Å². The summed E-state index contributed by atoms with van der Waals surface area (Å²) >= 11 is 0.